The van der Waals surface area contributed by atoms with Crippen LogP contribution in [0.4, 0.5) is 11.5 Å². The number of rotatable bonds is 11. The van der Waals surface area contributed by atoms with E-state index in [1.54, 1.807) is 0 Å². The van der Waals surface area contributed by atoms with E-state index in [9.17, 15) is 9.59 Å². The van der Waals surface area contributed by atoms with Crippen molar-refractivity contribution >= 4 is 34.2 Å². The van der Waals surface area contributed by atoms with Gasteiger partial charge < -0.3 is 16.0 Å². The Bertz CT molecular complexity index is 1460. The number of aromatic nitrogens is 2. The van der Waals surface area contributed by atoms with Crippen LogP contribution >= 0.6 is 0 Å². The number of amides is 2. The first-order valence-electron chi connectivity index (χ1n) is 14.2. The Morgan fingerprint density at radius 2 is 1.55 bits per heavy atom. The Labute approximate surface area is 235 Å². The molecule has 0 saturated heterocycles. The molecular formula is C33H37N5O2. The third kappa shape index (κ3) is 6.84. The lowest BCUT2D eigenvalue weighted by Gasteiger charge is -2.16. The van der Waals surface area contributed by atoms with Gasteiger partial charge in [-0.1, -0.05) is 56.7 Å². The van der Waals surface area contributed by atoms with Crippen molar-refractivity contribution in [3.8, 4) is 11.4 Å². The van der Waals surface area contributed by atoms with Gasteiger partial charge in [0.2, 0.25) is 11.8 Å². The third-order valence-corrected chi connectivity index (χ3v) is 7.33. The van der Waals surface area contributed by atoms with Crippen LogP contribution in [0.15, 0.2) is 72.8 Å². The number of hydrogen-bond acceptors (Lipinski definition) is 5. The molecule has 0 bridgehead atoms. The lowest BCUT2D eigenvalue weighted by molar-refractivity contribution is -0.124. The van der Waals surface area contributed by atoms with Crippen LogP contribution in [0.5, 0.6) is 0 Å². The van der Waals surface area contributed by atoms with Gasteiger partial charge in [0.1, 0.15) is 5.82 Å². The molecule has 0 radical (unpaired) electrons. The van der Waals surface area contributed by atoms with Crippen molar-refractivity contribution in [1.82, 2.24) is 15.3 Å². The number of fused-ring (bicyclic) bond motifs is 2. The van der Waals surface area contributed by atoms with Crippen LogP contribution in [0.2, 0.25) is 0 Å². The molecule has 4 aromatic rings. The van der Waals surface area contributed by atoms with Crippen molar-refractivity contribution in [3.63, 3.8) is 0 Å². The van der Waals surface area contributed by atoms with Gasteiger partial charge in [-0.05, 0) is 73.2 Å². The van der Waals surface area contributed by atoms with Crippen molar-refractivity contribution < 1.29 is 9.59 Å². The standard InChI is InChI=1S/C33H37N5O2/c1-22(2)33(40)34-19-9-3-4-14-30(39)35-26-17-15-23(16-18-26)31-37-29-13-8-7-12-28(29)32(38-31)36-27-20-24-10-5-6-11-25(24)21-27/h5-8,10-13,15-18,22,27H,3-4,9,14,19-21H2,1-2H3,(H,34,40)(H,35,39)(H,36,37,38). The van der Waals surface area contributed by atoms with Gasteiger partial charge in [-0.2, -0.15) is 0 Å². The number of carbonyl (C=O) groups excluding carboxylic acids is 2. The molecule has 1 aromatic heterocycles. The van der Waals surface area contributed by atoms with Gasteiger partial charge in [-0.25, -0.2) is 9.97 Å². The first-order chi connectivity index (χ1) is 19.5. The van der Waals surface area contributed by atoms with Crippen LogP contribution < -0.4 is 16.0 Å². The highest BCUT2D eigenvalue weighted by Crippen LogP contribution is 2.29. The molecule has 3 aromatic carbocycles. The van der Waals surface area contributed by atoms with Gasteiger partial charge in [0.25, 0.3) is 0 Å². The second kappa shape index (κ2) is 12.7. The number of para-hydroxylation sites is 1. The molecule has 0 fully saturated rings. The van der Waals surface area contributed by atoms with E-state index >= 15 is 0 Å². The summed E-state index contributed by atoms with van der Waals surface area (Å²) in [6.07, 6.45) is 4.96. The molecule has 7 heteroatoms. The van der Waals surface area contributed by atoms with Crippen molar-refractivity contribution in [3.05, 3.63) is 83.9 Å². The zero-order valence-corrected chi connectivity index (χ0v) is 23.2. The fraction of sp³-hybridized carbons (Fsp3) is 0.333. The Balaban J connectivity index is 1.19. The molecule has 0 saturated carbocycles. The summed E-state index contributed by atoms with van der Waals surface area (Å²) in [5.74, 6) is 1.56. The number of nitrogens with zero attached hydrogens (tertiary/aromatic N) is 2. The second-order valence-electron chi connectivity index (χ2n) is 10.8. The molecule has 206 valence electrons. The molecule has 1 aliphatic rings. The van der Waals surface area contributed by atoms with Crippen LogP contribution in [0.3, 0.4) is 0 Å². The first kappa shape index (κ1) is 27.3. The van der Waals surface area contributed by atoms with E-state index in [0.29, 0.717) is 24.8 Å². The maximum Gasteiger partial charge on any atom is 0.224 e. The highest BCUT2D eigenvalue weighted by molar-refractivity contribution is 5.92. The Morgan fingerprint density at radius 1 is 0.850 bits per heavy atom. The predicted octanol–water partition coefficient (Wildman–Crippen LogP) is 6.15. The highest BCUT2D eigenvalue weighted by Gasteiger charge is 2.22. The fourth-order valence-electron chi connectivity index (χ4n) is 5.10. The van der Waals surface area contributed by atoms with Gasteiger partial charge in [-0.3, -0.25) is 9.59 Å². The van der Waals surface area contributed by atoms with Gasteiger partial charge >= 0.3 is 0 Å². The fourth-order valence-corrected chi connectivity index (χ4v) is 5.10. The lowest BCUT2D eigenvalue weighted by atomic mass is 10.1. The minimum Gasteiger partial charge on any atom is -0.366 e. The first-order valence-corrected chi connectivity index (χ1v) is 14.2. The average Bonchev–Trinajstić information content (AvgIpc) is 3.37. The zero-order chi connectivity index (χ0) is 27.9. The van der Waals surface area contributed by atoms with Crippen LogP contribution in [0.1, 0.15) is 50.7 Å². The van der Waals surface area contributed by atoms with Gasteiger partial charge in [0, 0.05) is 41.6 Å². The average molecular weight is 536 g/mol. The normalized spacial score (nSPS) is 12.9. The lowest BCUT2D eigenvalue weighted by Crippen LogP contribution is -2.28. The SMILES string of the molecule is CC(C)C(=O)NCCCCCC(=O)Nc1ccc(-c2nc(NC3Cc4ccccc4C3)c3ccccc3n2)cc1. The number of nitrogens with one attached hydrogen (secondary N) is 3. The Kier molecular flexibility index (Phi) is 8.69. The van der Waals surface area contributed by atoms with Crippen molar-refractivity contribution in [2.45, 2.75) is 58.4 Å². The van der Waals surface area contributed by atoms with Crippen molar-refractivity contribution in [2.24, 2.45) is 5.92 Å². The molecule has 3 N–H and O–H groups in total. The summed E-state index contributed by atoms with van der Waals surface area (Å²) >= 11 is 0. The summed E-state index contributed by atoms with van der Waals surface area (Å²) < 4.78 is 0. The second-order valence-corrected chi connectivity index (χ2v) is 10.8. The monoisotopic (exact) mass is 535 g/mol. The summed E-state index contributed by atoms with van der Waals surface area (Å²) in [4.78, 5) is 33.8. The topological polar surface area (TPSA) is 96.0 Å². The van der Waals surface area contributed by atoms with E-state index in [2.05, 4.69) is 46.3 Å². The van der Waals surface area contributed by atoms with Gasteiger partial charge in [0.15, 0.2) is 5.82 Å². The summed E-state index contributed by atoms with van der Waals surface area (Å²) in [5.41, 5.74) is 5.33. The van der Waals surface area contributed by atoms with Crippen molar-refractivity contribution in [1.29, 1.82) is 0 Å². The molecule has 0 atom stereocenters. The maximum atomic E-state index is 12.4. The number of anilines is 2. The molecule has 2 amide bonds. The van der Waals surface area contributed by atoms with E-state index in [-0.39, 0.29) is 17.7 Å². The Morgan fingerprint density at radius 3 is 2.27 bits per heavy atom. The third-order valence-electron chi connectivity index (χ3n) is 7.33. The molecule has 1 aliphatic carbocycles. The minimum atomic E-state index is -0.00929. The van der Waals surface area contributed by atoms with Gasteiger partial charge in [0.05, 0.1) is 5.52 Å². The smallest absolute Gasteiger partial charge is 0.224 e. The Hall–Kier alpha value is -4.26. The summed E-state index contributed by atoms with van der Waals surface area (Å²) in [6.45, 7) is 4.42. The molecule has 0 unspecified atom stereocenters. The van der Waals surface area contributed by atoms with Crippen LogP contribution in [-0.2, 0) is 22.4 Å². The molecule has 1 heterocycles. The highest BCUT2D eigenvalue weighted by atomic mass is 16.2. The van der Waals surface area contributed by atoms with E-state index < -0.39 is 0 Å². The van der Waals surface area contributed by atoms with Gasteiger partial charge in [-0.15, -0.1) is 0 Å². The molecule has 7 nitrogen and oxygen atoms in total. The zero-order valence-electron chi connectivity index (χ0n) is 23.2. The quantitative estimate of drug-likeness (QED) is 0.200. The molecular weight excluding hydrogens is 498 g/mol. The summed E-state index contributed by atoms with van der Waals surface area (Å²) in [5, 5.41) is 10.6. The van der Waals surface area contributed by atoms with E-state index in [1.807, 2.05) is 56.3 Å². The van der Waals surface area contributed by atoms with Crippen LogP contribution in [0.25, 0.3) is 22.3 Å². The molecule has 0 aliphatic heterocycles. The minimum absolute atomic E-state index is 0.000841. The van der Waals surface area contributed by atoms with Crippen LogP contribution in [0, 0.1) is 5.92 Å². The molecule has 40 heavy (non-hydrogen) atoms. The van der Waals surface area contributed by atoms with E-state index in [4.69, 9.17) is 9.97 Å². The van der Waals surface area contributed by atoms with E-state index in [0.717, 1.165) is 60.1 Å². The number of benzene rings is 3. The van der Waals surface area contributed by atoms with Crippen LogP contribution in [-0.4, -0.2) is 34.4 Å². The summed E-state index contributed by atoms with van der Waals surface area (Å²) in [7, 11) is 0. The maximum absolute atomic E-state index is 12.4. The van der Waals surface area contributed by atoms with E-state index in [1.165, 1.54) is 11.1 Å². The number of hydrogen-bond donors (Lipinski definition) is 3. The van der Waals surface area contributed by atoms with Crippen molar-refractivity contribution in [2.75, 3.05) is 17.2 Å². The predicted molar refractivity (Wildman–Crippen MR) is 161 cm³/mol. The largest absolute Gasteiger partial charge is 0.366 e. The number of carbonyl (C=O) groups is 2. The molecule has 0 spiro atoms. The molecule has 5 rings (SSSR count). The number of unbranched alkanes of at least 4 members (excludes halogenated alkanes) is 2. The summed E-state index contributed by atoms with van der Waals surface area (Å²) in [6, 6.07) is 24.7.